The number of methoxy groups -OCH3 is 1. The Bertz CT molecular complexity index is 787. The van der Waals surface area contributed by atoms with Crippen LogP contribution in [0.4, 0.5) is 5.69 Å². The molecule has 0 amide bonds. The van der Waals surface area contributed by atoms with E-state index in [-0.39, 0.29) is 6.04 Å². The molecule has 2 N–H and O–H groups in total. The van der Waals surface area contributed by atoms with E-state index in [0.717, 1.165) is 31.1 Å². The molecule has 3 rings (SSSR count). The standard InChI is InChI=1S/C22H29N3OS/c1-16-10-11-18(14-17(16)2)24-22(27)23-15-20(25-12-6-7-13-25)19-8-4-5-9-21(19)26-3/h4-5,8-11,14,20H,6-7,12-13,15H2,1-3H3,(H2,23,24,27)/t20-/m1/s1. The van der Waals surface area contributed by atoms with Gasteiger partial charge in [0.05, 0.1) is 13.2 Å². The smallest absolute Gasteiger partial charge is 0.170 e. The van der Waals surface area contributed by atoms with Crippen LogP contribution in [0.15, 0.2) is 42.5 Å². The largest absolute Gasteiger partial charge is 0.496 e. The van der Waals surface area contributed by atoms with Crippen molar-refractivity contribution >= 4 is 23.0 Å². The van der Waals surface area contributed by atoms with E-state index in [4.69, 9.17) is 17.0 Å². The quantitative estimate of drug-likeness (QED) is 0.722. The number of aryl methyl sites for hydroxylation is 2. The Morgan fingerprint density at radius 1 is 1.11 bits per heavy atom. The number of hydrogen-bond acceptors (Lipinski definition) is 3. The maximum absolute atomic E-state index is 5.61. The number of hydrogen-bond donors (Lipinski definition) is 2. The lowest BCUT2D eigenvalue weighted by molar-refractivity contribution is 0.240. The van der Waals surface area contributed by atoms with E-state index < -0.39 is 0 Å². The van der Waals surface area contributed by atoms with Gasteiger partial charge in [0.25, 0.3) is 0 Å². The van der Waals surface area contributed by atoms with E-state index in [2.05, 4.69) is 59.7 Å². The minimum atomic E-state index is 0.239. The first-order valence-electron chi connectivity index (χ1n) is 9.57. The van der Waals surface area contributed by atoms with Crippen molar-refractivity contribution in [1.82, 2.24) is 10.2 Å². The normalized spacial score (nSPS) is 15.4. The molecular weight excluding hydrogens is 354 g/mol. The zero-order chi connectivity index (χ0) is 19.2. The van der Waals surface area contributed by atoms with E-state index in [9.17, 15) is 0 Å². The summed E-state index contributed by atoms with van der Waals surface area (Å²) in [5.41, 5.74) is 4.77. The number of rotatable bonds is 6. The van der Waals surface area contributed by atoms with Crippen LogP contribution in [0.5, 0.6) is 5.75 Å². The summed E-state index contributed by atoms with van der Waals surface area (Å²) in [6.07, 6.45) is 2.49. The number of anilines is 1. The molecule has 0 aromatic heterocycles. The van der Waals surface area contributed by atoms with Crippen molar-refractivity contribution < 1.29 is 4.74 Å². The van der Waals surface area contributed by atoms with Gasteiger partial charge in [0.2, 0.25) is 0 Å². The molecule has 0 saturated carbocycles. The third-order valence-electron chi connectivity index (χ3n) is 5.30. The van der Waals surface area contributed by atoms with Gasteiger partial charge in [-0.05, 0) is 81.3 Å². The predicted molar refractivity (Wildman–Crippen MR) is 117 cm³/mol. The SMILES string of the molecule is COc1ccccc1[C@@H](CNC(=S)Nc1ccc(C)c(C)c1)N1CCCC1. The summed E-state index contributed by atoms with van der Waals surface area (Å²) in [6.45, 7) is 7.20. The molecule has 5 heteroatoms. The zero-order valence-electron chi connectivity index (χ0n) is 16.4. The van der Waals surface area contributed by atoms with Crippen LogP contribution < -0.4 is 15.4 Å². The Morgan fingerprint density at radius 3 is 2.56 bits per heavy atom. The van der Waals surface area contributed by atoms with Crippen LogP contribution in [0.25, 0.3) is 0 Å². The summed E-state index contributed by atoms with van der Waals surface area (Å²) in [4.78, 5) is 2.52. The lowest BCUT2D eigenvalue weighted by atomic mass is 10.0. The van der Waals surface area contributed by atoms with E-state index in [1.54, 1.807) is 7.11 Å². The van der Waals surface area contributed by atoms with Crippen LogP contribution >= 0.6 is 12.2 Å². The van der Waals surface area contributed by atoms with Crippen molar-refractivity contribution in [2.24, 2.45) is 0 Å². The van der Waals surface area contributed by atoms with Crippen LogP contribution in [-0.4, -0.2) is 36.8 Å². The molecule has 144 valence electrons. The topological polar surface area (TPSA) is 36.5 Å². The first-order chi connectivity index (χ1) is 13.1. The molecule has 1 atom stereocenters. The fourth-order valence-electron chi connectivity index (χ4n) is 3.61. The van der Waals surface area contributed by atoms with E-state index >= 15 is 0 Å². The number of thiocarbonyl (C=S) groups is 1. The lowest BCUT2D eigenvalue weighted by Crippen LogP contribution is -2.38. The third kappa shape index (κ3) is 4.99. The summed E-state index contributed by atoms with van der Waals surface area (Å²) in [5, 5.41) is 7.37. The van der Waals surface area contributed by atoms with Gasteiger partial charge in [-0.15, -0.1) is 0 Å². The molecule has 1 saturated heterocycles. The van der Waals surface area contributed by atoms with Crippen molar-refractivity contribution in [1.29, 1.82) is 0 Å². The summed E-state index contributed by atoms with van der Waals surface area (Å²) in [6, 6.07) is 14.8. The molecule has 0 spiro atoms. The second-order valence-electron chi connectivity index (χ2n) is 7.13. The van der Waals surface area contributed by atoms with Gasteiger partial charge in [-0.3, -0.25) is 4.90 Å². The third-order valence-corrected chi connectivity index (χ3v) is 5.55. The second-order valence-corrected chi connectivity index (χ2v) is 7.54. The average molecular weight is 384 g/mol. The molecule has 27 heavy (non-hydrogen) atoms. The Balaban J connectivity index is 1.68. The fourth-order valence-corrected chi connectivity index (χ4v) is 3.82. The molecule has 0 unspecified atom stereocenters. The van der Waals surface area contributed by atoms with Gasteiger partial charge in [0, 0.05) is 17.8 Å². The maximum Gasteiger partial charge on any atom is 0.170 e. The number of para-hydroxylation sites is 1. The molecular formula is C22H29N3OS. The average Bonchev–Trinajstić information content (AvgIpc) is 3.20. The Morgan fingerprint density at radius 2 is 1.85 bits per heavy atom. The number of ether oxygens (including phenoxy) is 1. The van der Waals surface area contributed by atoms with Crippen molar-refractivity contribution in [3.8, 4) is 5.75 Å². The van der Waals surface area contributed by atoms with Crippen molar-refractivity contribution in [3.63, 3.8) is 0 Å². The maximum atomic E-state index is 5.61. The predicted octanol–water partition coefficient (Wildman–Crippen LogP) is 4.44. The summed E-state index contributed by atoms with van der Waals surface area (Å²) in [5.74, 6) is 0.934. The van der Waals surface area contributed by atoms with Crippen molar-refractivity contribution in [2.75, 3.05) is 32.1 Å². The molecule has 4 nitrogen and oxygen atoms in total. The van der Waals surface area contributed by atoms with E-state index in [1.807, 2.05) is 12.1 Å². The minimum Gasteiger partial charge on any atom is -0.496 e. The molecule has 1 heterocycles. The first-order valence-corrected chi connectivity index (χ1v) is 9.98. The van der Waals surface area contributed by atoms with Crippen LogP contribution in [0.3, 0.4) is 0 Å². The number of nitrogens with zero attached hydrogens (tertiary/aromatic N) is 1. The Hall–Kier alpha value is -2.11. The van der Waals surface area contributed by atoms with Crippen LogP contribution in [-0.2, 0) is 0 Å². The first kappa shape index (κ1) is 19.6. The van der Waals surface area contributed by atoms with Gasteiger partial charge >= 0.3 is 0 Å². The second kappa shape index (κ2) is 9.20. The molecule has 0 radical (unpaired) electrons. The monoisotopic (exact) mass is 383 g/mol. The Labute approximate surface area is 167 Å². The van der Waals surface area contributed by atoms with E-state index in [0.29, 0.717) is 5.11 Å². The van der Waals surface area contributed by atoms with Crippen LogP contribution in [0.2, 0.25) is 0 Å². The number of benzene rings is 2. The molecule has 2 aromatic rings. The molecule has 2 aromatic carbocycles. The van der Waals surface area contributed by atoms with E-state index in [1.165, 1.54) is 29.5 Å². The van der Waals surface area contributed by atoms with Gasteiger partial charge in [0.15, 0.2) is 5.11 Å². The van der Waals surface area contributed by atoms with Gasteiger partial charge in [-0.2, -0.15) is 0 Å². The van der Waals surface area contributed by atoms with Crippen molar-refractivity contribution in [2.45, 2.75) is 32.7 Å². The highest BCUT2D eigenvalue weighted by molar-refractivity contribution is 7.80. The summed E-state index contributed by atoms with van der Waals surface area (Å²) < 4.78 is 5.61. The van der Waals surface area contributed by atoms with Gasteiger partial charge < -0.3 is 15.4 Å². The molecule has 1 aliphatic heterocycles. The minimum absolute atomic E-state index is 0.239. The summed E-state index contributed by atoms with van der Waals surface area (Å²) >= 11 is 5.54. The Kier molecular flexibility index (Phi) is 6.69. The lowest BCUT2D eigenvalue weighted by Gasteiger charge is -2.29. The highest BCUT2D eigenvalue weighted by Crippen LogP contribution is 2.31. The molecule has 1 aliphatic rings. The highest BCUT2D eigenvalue weighted by Gasteiger charge is 2.25. The van der Waals surface area contributed by atoms with Gasteiger partial charge in [-0.25, -0.2) is 0 Å². The number of likely N-dealkylation sites (tertiary alicyclic amines) is 1. The zero-order valence-corrected chi connectivity index (χ0v) is 17.2. The number of nitrogens with one attached hydrogen (secondary N) is 2. The molecule has 1 fully saturated rings. The fraction of sp³-hybridized carbons (Fsp3) is 0.409. The van der Waals surface area contributed by atoms with Crippen LogP contribution in [0, 0.1) is 13.8 Å². The van der Waals surface area contributed by atoms with Gasteiger partial charge in [0.1, 0.15) is 5.75 Å². The molecule has 0 bridgehead atoms. The highest BCUT2D eigenvalue weighted by atomic mass is 32.1. The van der Waals surface area contributed by atoms with Crippen molar-refractivity contribution in [3.05, 3.63) is 59.2 Å². The molecule has 0 aliphatic carbocycles. The van der Waals surface area contributed by atoms with Crippen LogP contribution in [0.1, 0.15) is 35.6 Å². The summed E-state index contributed by atoms with van der Waals surface area (Å²) in [7, 11) is 1.74. The van der Waals surface area contributed by atoms with Gasteiger partial charge in [-0.1, -0.05) is 24.3 Å².